The molecule has 5 heteroatoms. The largest absolute Gasteiger partial charge is 0.478 e. The number of aromatic nitrogens is 2. The molecule has 0 aliphatic rings. The zero-order valence-corrected chi connectivity index (χ0v) is 10.6. The SMILES string of the molecule is Cc1cc(C(=O)O)ccc1CSc1cnccn1. The highest BCUT2D eigenvalue weighted by molar-refractivity contribution is 7.98. The average Bonchev–Trinajstić information content (AvgIpc) is 2.38. The second-order valence-corrected chi connectivity index (χ2v) is 4.77. The Balaban J connectivity index is 2.08. The van der Waals surface area contributed by atoms with Gasteiger partial charge in [-0.1, -0.05) is 6.07 Å². The summed E-state index contributed by atoms with van der Waals surface area (Å²) in [6.45, 7) is 1.92. The van der Waals surface area contributed by atoms with Gasteiger partial charge < -0.3 is 5.11 Å². The van der Waals surface area contributed by atoms with E-state index in [1.165, 1.54) is 0 Å². The van der Waals surface area contributed by atoms with Crippen molar-refractivity contribution in [1.82, 2.24) is 9.97 Å². The van der Waals surface area contributed by atoms with Crippen molar-refractivity contribution in [1.29, 1.82) is 0 Å². The molecule has 1 aromatic heterocycles. The van der Waals surface area contributed by atoms with Crippen LogP contribution in [0.4, 0.5) is 0 Å². The summed E-state index contributed by atoms with van der Waals surface area (Å²) >= 11 is 1.58. The van der Waals surface area contributed by atoms with E-state index in [0.717, 1.165) is 21.9 Å². The van der Waals surface area contributed by atoms with Gasteiger partial charge in [0.1, 0.15) is 5.03 Å². The van der Waals surface area contributed by atoms with Crippen LogP contribution in [0.2, 0.25) is 0 Å². The molecule has 0 radical (unpaired) electrons. The lowest BCUT2D eigenvalue weighted by molar-refractivity contribution is 0.0697. The Morgan fingerprint density at radius 2 is 2.22 bits per heavy atom. The number of hydrogen-bond acceptors (Lipinski definition) is 4. The van der Waals surface area contributed by atoms with Gasteiger partial charge in [0.2, 0.25) is 0 Å². The van der Waals surface area contributed by atoms with Crippen LogP contribution >= 0.6 is 11.8 Å². The van der Waals surface area contributed by atoms with E-state index in [1.54, 1.807) is 42.5 Å². The average molecular weight is 260 g/mol. The standard InChI is InChI=1S/C13H12N2O2S/c1-9-6-10(13(16)17)2-3-11(9)8-18-12-7-14-4-5-15-12/h2-7H,8H2,1H3,(H,16,17). The molecule has 0 unspecified atom stereocenters. The number of aromatic carboxylic acids is 1. The highest BCUT2D eigenvalue weighted by Gasteiger charge is 2.06. The number of carbonyl (C=O) groups is 1. The van der Waals surface area contributed by atoms with Crippen LogP contribution < -0.4 is 0 Å². The summed E-state index contributed by atoms with van der Waals surface area (Å²) in [7, 11) is 0. The predicted octanol–water partition coefficient (Wildman–Crippen LogP) is 2.78. The minimum Gasteiger partial charge on any atom is -0.478 e. The molecule has 4 nitrogen and oxygen atoms in total. The van der Waals surface area contributed by atoms with Crippen LogP contribution in [0.15, 0.2) is 41.8 Å². The molecular weight excluding hydrogens is 248 g/mol. The monoisotopic (exact) mass is 260 g/mol. The van der Waals surface area contributed by atoms with Gasteiger partial charge in [0.15, 0.2) is 0 Å². The van der Waals surface area contributed by atoms with Gasteiger partial charge in [0, 0.05) is 18.1 Å². The number of aryl methyl sites for hydroxylation is 1. The molecular formula is C13H12N2O2S. The summed E-state index contributed by atoms with van der Waals surface area (Å²) in [6, 6.07) is 5.17. The van der Waals surface area contributed by atoms with Crippen molar-refractivity contribution in [3.05, 3.63) is 53.5 Å². The van der Waals surface area contributed by atoms with E-state index in [4.69, 9.17) is 5.11 Å². The Bertz CT molecular complexity index is 558. The third-order valence-electron chi connectivity index (χ3n) is 2.50. The van der Waals surface area contributed by atoms with Gasteiger partial charge in [-0.25, -0.2) is 9.78 Å². The molecule has 0 bridgehead atoms. The molecule has 0 spiro atoms. The van der Waals surface area contributed by atoms with Crippen LogP contribution in [0.25, 0.3) is 0 Å². The number of nitrogens with zero attached hydrogens (tertiary/aromatic N) is 2. The van der Waals surface area contributed by atoms with Gasteiger partial charge in [-0.2, -0.15) is 0 Å². The summed E-state index contributed by atoms with van der Waals surface area (Å²) < 4.78 is 0. The van der Waals surface area contributed by atoms with Gasteiger partial charge in [-0.15, -0.1) is 11.8 Å². The summed E-state index contributed by atoms with van der Waals surface area (Å²) in [6.07, 6.45) is 5.01. The molecule has 0 saturated heterocycles. The predicted molar refractivity (Wildman–Crippen MR) is 69.7 cm³/mol. The summed E-state index contributed by atoms with van der Waals surface area (Å²) in [5.41, 5.74) is 2.41. The molecule has 18 heavy (non-hydrogen) atoms. The Labute approximate surface area is 109 Å². The number of rotatable bonds is 4. The fraction of sp³-hybridized carbons (Fsp3) is 0.154. The van der Waals surface area contributed by atoms with E-state index in [0.29, 0.717) is 5.56 Å². The molecule has 0 aliphatic heterocycles. The Kier molecular flexibility index (Phi) is 3.94. The first-order valence-corrected chi connectivity index (χ1v) is 6.37. The number of thioether (sulfide) groups is 1. The lowest BCUT2D eigenvalue weighted by Crippen LogP contribution is -1.98. The Hall–Kier alpha value is -1.88. The topological polar surface area (TPSA) is 63.1 Å². The number of carboxylic acids is 1. The van der Waals surface area contributed by atoms with Gasteiger partial charge in [0.05, 0.1) is 11.8 Å². The lowest BCUT2D eigenvalue weighted by atomic mass is 10.1. The van der Waals surface area contributed by atoms with E-state index in [1.807, 2.05) is 13.0 Å². The maximum absolute atomic E-state index is 10.8. The van der Waals surface area contributed by atoms with Crippen LogP contribution in [0, 0.1) is 6.92 Å². The van der Waals surface area contributed by atoms with Crippen LogP contribution in [0.3, 0.4) is 0 Å². The molecule has 2 aromatic rings. The van der Waals surface area contributed by atoms with Crippen LogP contribution in [0.5, 0.6) is 0 Å². The Morgan fingerprint density at radius 3 is 2.83 bits per heavy atom. The first-order valence-electron chi connectivity index (χ1n) is 5.38. The summed E-state index contributed by atoms with van der Waals surface area (Å²) in [5.74, 6) is -0.143. The minimum absolute atomic E-state index is 0.320. The third kappa shape index (κ3) is 3.07. The molecule has 0 saturated carbocycles. The fourth-order valence-electron chi connectivity index (χ4n) is 1.50. The van der Waals surface area contributed by atoms with Crippen LogP contribution in [-0.2, 0) is 5.75 Å². The third-order valence-corrected chi connectivity index (χ3v) is 3.47. The van der Waals surface area contributed by atoms with Crippen molar-refractivity contribution in [2.24, 2.45) is 0 Å². The molecule has 1 heterocycles. The number of hydrogen-bond donors (Lipinski definition) is 1. The Morgan fingerprint density at radius 1 is 1.39 bits per heavy atom. The van der Waals surface area contributed by atoms with Crippen LogP contribution in [-0.4, -0.2) is 21.0 Å². The zero-order chi connectivity index (χ0) is 13.0. The van der Waals surface area contributed by atoms with E-state index in [9.17, 15) is 4.79 Å². The van der Waals surface area contributed by atoms with Gasteiger partial charge >= 0.3 is 5.97 Å². The molecule has 0 aliphatic carbocycles. The van der Waals surface area contributed by atoms with Crippen molar-refractivity contribution < 1.29 is 9.90 Å². The summed E-state index contributed by atoms with van der Waals surface area (Å²) in [5, 5.41) is 9.74. The van der Waals surface area contributed by atoms with Gasteiger partial charge in [0.25, 0.3) is 0 Å². The quantitative estimate of drug-likeness (QED) is 0.856. The molecule has 92 valence electrons. The number of carboxylic acid groups (broad SMARTS) is 1. The number of benzene rings is 1. The lowest BCUT2D eigenvalue weighted by Gasteiger charge is -2.06. The highest BCUT2D eigenvalue weighted by Crippen LogP contribution is 2.22. The van der Waals surface area contributed by atoms with Crippen LogP contribution in [0.1, 0.15) is 21.5 Å². The maximum Gasteiger partial charge on any atom is 0.335 e. The van der Waals surface area contributed by atoms with E-state index in [-0.39, 0.29) is 0 Å². The minimum atomic E-state index is -0.897. The van der Waals surface area contributed by atoms with Gasteiger partial charge in [-0.05, 0) is 30.2 Å². The molecule has 1 N–H and O–H groups in total. The second kappa shape index (κ2) is 5.64. The first kappa shape index (κ1) is 12.6. The smallest absolute Gasteiger partial charge is 0.335 e. The van der Waals surface area contributed by atoms with Crippen molar-refractivity contribution in [3.63, 3.8) is 0 Å². The summed E-state index contributed by atoms with van der Waals surface area (Å²) in [4.78, 5) is 19.0. The highest BCUT2D eigenvalue weighted by atomic mass is 32.2. The normalized spacial score (nSPS) is 10.3. The first-order chi connectivity index (χ1) is 8.66. The second-order valence-electron chi connectivity index (χ2n) is 3.78. The van der Waals surface area contributed by atoms with Gasteiger partial charge in [-0.3, -0.25) is 4.98 Å². The molecule has 0 fully saturated rings. The molecule has 1 aromatic carbocycles. The van der Waals surface area contributed by atoms with Crippen molar-refractivity contribution in [3.8, 4) is 0 Å². The molecule has 0 amide bonds. The van der Waals surface area contributed by atoms with Crippen molar-refractivity contribution >= 4 is 17.7 Å². The molecule has 0 atom stereocenters. The van der Waals surface area contributed by atoms with E-state index < -0.39 is 5.97 Å². The fourth-order valence-corrected chi connectivity index (χ4v) is 2.40. The maximum atomic E-state index is 10.8. The van der Waals surface area contributed by atoms with Crippen molar-refractivity contribution in [2.75, 3.05) is 0 Å². The molecule has 2 rings (SSSR count). The van der Waals surface area contributed by atoms with E-state index in [2.05, 4.69) is 9.97 Å². The van der Waals surface area contributed by atoms with Crippen molar-refractivity contribution in [2.45, 2.75) is 17.7 Å². The zero-order valence-electron chi connectivity index (χ0n) is 9.83. The van der Waals surface area contributed by atoms with E-state index >= 15 is 0 Å².